The van der Waals surface area contributed by atoms with Crippen LogP contribution in [0.1, 0.15) is 27.9 Å². The van der Waals surface area contributed by atoms with Crippen LogP contribution >= 0.6 is 11.6 Å². The minimum Gasteiger partial charge on any atom is -0.360 e. The van der Waals surface area contributed by atoms with Crippen LogP contribution in [0.2, 0.25) is 5.02 Å². The Labute approximate surface area is 175 Å². The van der Waals surface area contributed by atoms with E-state index in [9.17, 15) is 4.79 Å². The second kappa shape index (κ2) is 7.34. The van der Waals surface area contributed by atoms with Crippen LogP contribution in [0.15, 0.2) is 51.8 Å². The normalized spacial score (nSPS) is 14.0. The Bertz CT molecular complexity index is 1220. The summed E-state index contributed by atoms with van der Waals surface area (Å²) < 4.78 is 10.6. The van der Waals surface area contributed by atoms with E-state index in [4.69, 9.17) is 20.6 Å². The van der Waals surface area contributed by atoms with Gasteiger partial charge in [0.1, 0.15) is 17.0 Å². The van der Waals surface area contributed by atoms with E-state index in [0.29, 0.717) is 58.2 Å². The highest BCUT2D eigenvalue weighted by molar-refractivity contribution is 6.33. The highest BCUT2D eigenvalue weighted by Gasteiger charge is 2.38. The Hall–Kier alpha value is -3.59. The first-order chi connectivity index (χ1) is 14.6. The zero-order valence-corrected chi connectivity index (χ0v) is 16.6. The second-order valence-corrected chi connectivity index (χ2v) is 7.29. The number of benzene rings is 1. The van der Waals surface area contributed by atoms with Gasteiger partial charge in [-0.3, -0.25) is 4.79 Å². The molecule has 30 heavy (non-hydrogen) atoms. The molecule has 1 aliphatic rings. The number of aryl methyl sites for hydroxylation is 1. The van der Waals surface area contributed by atoms with Gasteiger partial charge in [-0.05, 0) is 19.1 Å². The highest BCUT2D eigenvalue weighted by Crippen LogP contribution is 2.34. The Morgan fingerprint density at radius 2 is 1.83 bits per heavy atom. The van der Waals surface area contributed by atoms with E-state index in [1.165, 1.54) is 0 Å². The number of hydrogen-bond acceptors (Lipinski definition) is 8. The van der Waals surface area contributed by atoms with Gasteiger partial charge in [0.2, 0.25) is 17.5 Å². The summed E-state index contributed by atoms with van der Waals surface area (Å²) in [6.07, 6.45) is 3.22. The van der Waals surface area contributed by atoms with Crippen LogP contribution in [-0.2, 0) is 0 Å². The Morgan fingerprint density at radius 3 is 2.60 bits per heavy atom. The Kier molecular flexibility index (Phi) is 4.51. The van der Waals surface area contributed by atoms with E-state index in [0.717, 1.165) is 0 Å². The molecule has 0 radical (unpaired) electrons. The molecule has 4 heterocycles. The molecule has 0 unspecified atom stereocenters. The van der Waals surface area contributed by atoms with E-state index in [2.05, 4.69) is 25.3 Å². The third kappa shape index (κ3) is 3.13. The lowest BCUT2D eigenvalue weighted by Crippen LogP contribution is -2.48. The molecule has 3 aromatic heterocycles. The van der Waals surface area contributed by atoms with Crippen molar-refractivity contribution in [3.05, 3.63) is 65.0 Å². The molecule has 150 valence electrons. The van der Waals surface area contributed by atoms with Crippen molar-refractivity contribution in [3.8, 4) is 22.9 Å². The molecular weight excluding hydrogens is 408 g/mol. The fraction of sp³-hybridized carbons (Fsp3) is 0.200. The number of rotatable bonds is 4. The molecule has 0 N–H and O–H groups in total. The smallest absolute Gasteiger partial charge is 0.259 e. The largest absolute Gasteiger partial charge is 0.360 e. The van der Waals surface area contributed by atoms with E-state index >= 15 is 0 Å². The van der Waals surface area contributed by atoms with E-state index < -0.39 is 0 Å². The lowest BCUT2D eigenvalue weighted by atomic mass is 9.97. The minimum atomic E-state index is -0.175. The summed E-state index contributed by atoms with van der Waals surface area (Å²) in [5, 5.41) is 8.50. The van der Waals surface area contributed by atoms with Gasteiger partial charge < -0.3 is 13.9 Å². The summed E-state index contributed by atoms with van der Waals surface area (Å²) >= 11 is 6.28. The van der Waals surface area contributed by atoms with Crippen LogP contribution in [-0.4, -0.2) is 49.2 Å². The molecule has 4 aromatic rings. The number of nitrogens with zero attached hydrogens (tertiary/aromatic N) is 6. The zero-order chi connectivity index (χ0) is 20.7. The topological polar surface area (TPSA) is 111 Å². The van der Waals surface area contributed by atoms with Crippen molar-refractivity contribution in [1.82, 2.24) is 30.2 Å². The summed E-state index contributed by atoms with van der Waals surface area (Å²) in [5.74, 6) is 1.39. The van der Waals surface area contributed by atoms with Gasteiger partial charge in [0.05, 0.1) is 10.9 Å². The molecule has 0 bridgehead atoms. The van der Waals surface area contributed by atoms with Crippen LogP contribution in [0, 0.1) is 6.92 Å². The van der Waals surface area contributed by atoms with Gasteiger partial charge in [-0.15, -0.1) is 0 Å². The number of halogens is 1. The average molecular weight is 423 g/mol. The van der Waals surface area contributed by atoms with Crippen LogP contribution in [0.25, 0.3) is 22.9 Å². The van der Waals surface area contributed by atoms with Gasteiger partial charge in [-0.2, -0.15) is 4.98 Å². The van der Waals surface area contributed by atoms with Gasteiger partial charge in [0, 0.05) is 31.0 Å². The molecule has 1 aromatic carbocycles. The van der Waals surface area contributed by atoms with E-state index in [1.807, 2.05) is 12.1 Å². The van der Waals surface area contributed by atoms with E-state index in [1.54, 1.807) is 42.4 Å². The number of carbonyl (C=O) groups is 1. The molecule has 5 rings (SSSR count). The van der Waals surface area contributed by atoms with Gasteiger partial charge >= 0.3 is 0 Å². The van der Waals surface area contributed by atoms with Crippen LogP contribution < -0.4 is 0 Å². The van der Waals surface area contributed by atoms with Crippen molar-refractivity contribution in [2.75, 3.05) is 13.1 Å². The molecule has 1 amide bonds. The number of likely N-dealkylation sites (tertiary alicyclic amines) is 1. The second-order valence-electron chi connectivity index (χ2n) is 6.88. The first kappa shape index (κ1) is 18.4. The Morgan fingerprint density at radius 1 is 1.07 bits per heavy atom. The molecule has 1 aliphatic heterocycles. The lowest BCUT2D eigenvalue weighted by molar-refractivity contribution is 0.0568. The van der Waals surface area contributed by atoms with Crippen LogP contribution in [0.4, 0.5) is 0 Å². The van der Waals surface area contributed by atoms with Crippen LogP contribution in [0.5, 0.6) is 0 Å². The maximum absolute atomic E-state index is 13.1. The standard InChI is InChI=1S/C20H15ClN6O3/c1-11-15(16(25-29-11)13-5-2-3-6-14(13)21)20(28)27-9-12(10-27)19-24-18(26-30-19)17-22-7-4-8-23-17/h2-8,12H,9-10H2,1H3. The molecule has 10 heteroatoms. The monoisotopic (exact) mass is 422 g/mol. The number of hydrogen-bond donors (Lipinski definition) is 0. The van der Waals surface area contributed by atoms with Crippen molar-refractivity contribution >= 4 is 17.5 Å². The third-order valence-corrected chi connectivity index (χ3v) is 5.26. The summed E-state index contributed by atoms with van der Waals surface area (Å²) in [6.45, 7) is 2.60. The molecule has 0 saturated carbocycles. The summed E-state index contributed by atoms with van der Waals surface area (Å²) in [7, 11) is 0. The molecule has 9 nitrogen and oxygen atoms in total. The average Bonchev–Trinajstić information content (AvgIpc) is 3.35. The third-order valence-electron chi connectivity index (χ3n) is 4.93. The summed E-state index contributed by atoms with van der Waals surface area (Å²) in [6, 6.07) is 8.92. The maximum atomic E-state index is 13.1. The summed E-state index contributed by atoms with van der Waals surface area (Å²) in [4.78, 5) is 27.4. The first-order valence-electron chi connectivity index (χ1n) is 9.23. The van der Waals surface area contributed by atoms with Gasteiger partial charge in [0.25, 0.3) is 5.91 Å². The maximum Gasteiger partial charge on any atom is 0.259 e. The van der Waals surface area contributed by atoms with Crippen molar-refractivity contribution in [3.63, 3.8) is 0 Å². The van der Waals surface area contributed by atoms with Gasteiger partial charge in [-0.1, -0.05) is 40.1 Å². The fourth-order valence-corrected chi connectivity index (χ4v) is 3.55. The molecule has 0 atom stereocenters. The quantitative estimate of drug-likeness (QED) is 0.492. The number of aromatic nitrogens is 5. The van der Waals surface area contributed by atoms with Crippen molar-refractivity contribution in [1.29, 1.82) is 0 Å². The molecule has 1 fully saturated rings. The Balaban J connectivity index is 1.33. The lowest BCUT2D eigenvalue weighted by Gasteiger charge is -2.37. The van der Waals surface area contributed by atoms with Crippen molar-refractivity contribution in [2.45, 2.75) is 12.8 Å². The van der Waals surface area contributed by atoms with Gasteiger partial charge in [0.15, 0.2) is 0 Å². The van der Waals surface area contributed by atoms with Crippen molar-refractivity contribution < 1.29 is 13.8 Å². The van der Waals surface area contributed by atoms with E-state index in [-0.39, 0.29) is 11.8 Å². The number of carbonyl (C=O) groups excluding carboxylic acids is 1. The fourth-order valence-electron chi connectivity index (χ4n) is 3.33. The highest BCUT2D eigenvalue weighted by atomic mass is 35.5. The summed E-state index contributed by atoms with van der Waals surface area (Å²) in [5.41, 5.74) is 1.50. The zero-order valence-electron chi connectivity index (χ0n) is 15.8. The molecule has 1 saturated heterocycles. The predicted molar refractivity (Wildman–Crippen MR) is 106 cm³/mol. The molecular formula is C20H15ClN6O3. The van der Waals surface area contributed by atoms with Crippen molar-refractivity contribution in [2.24, 2.45) is 0 Å². The first-order valence-corrected chi connectivity index (χ1v) is 9.61. The van der Waals surface area contributed by atoms with Crippen LogP contribution in [0.3, 0.4) is 0 Å². The molecule has 0 aliphatic carbocycles. The molecule has 0 spiro atoms. The predicted octanol–water partition coefficient (Wildman–Crippen LogP) is 3.38. The van der Waals surface area contributed by atoms with Gasteiger partial charge in [-0.25, -0.2) is 9.97 Å². The minimum absolute atomic E-state index is 0.0529. The SMILES string of the molecule is Cc1onc(-c2ccccc2Cl)c1C(=O)N1CC(c2nc(-c3ncccn3)no2)C1. The number of amides is 1.